The first-order valence-corrected chi connectivity index (χ1v) is 5.60. The summed E-state index contributed by atoms with van der Waals surface area (Å²) in [5.74, 6) is 0. The van der Waals surface area contributed by atoms with Crippen LogP contribution in [0.2, 0.25) is 0 Å². The molecule has 1 aliphatic rings. The topological polar surface area (TPSA) is 41.6 Å². The van der Waals surface area contributed by atoms with Crippen molar-refractivity contribution in [2.75, 3.05) is 0 Å². The Balaban J connectivity index is 2.29. The fourth-order valence-corrected chi connectivity index (χ4v) is 2.50. The number of rotatable bonds is 1. The summed E-state index contributed by atoms with van der Waals surface area (Å²) in [6.45, 7) is 0. The molecule has 1 saturated carbocycles. The highest BCUT2D eigenvalue weighted by Gasteiger charge is 2.42. The molecule has 1 aromatic carbocycles. The molecule has 0 N–H and O–H groups in total. The Bertz CT molecular complexity index is 585. The summed E-state index contributed by atoms with van der Waals surface area (Å²) >= 11 is 0. The van der Waals surface area contributed by atoms with Gasteiger partial charge in [-0.25, -0.2) is 0 Å². The van der Waals surface area contributed by atoms with E-state index >= 15 is 0 Å². The SMILES string of the molecule is Cn1nc(C2(C#N)CCC2)c2ccccc21. The summed E-state index contributed by atoms with van der Waals surface area (Å²) in [6, 6.07) is 10.6. The average molecular weight is 211 g/mol. The van der Waals surface area contributed by atoms with Gasteiger partial charge in [-0.3, -0.25) is 4.68 Å². The van der Waals surface area contributed by atoms with E-state index in [2.05, 4.69) is 23.3 Å². The Kier molecular flexibility index (Phi) is 1.81. The molecule has 1 aliphatic carbocycles. The Hall–Kier alpha value is -1.82. The molecule has 1 fully saturated rings. The van der Waals surface area contributed by atoms with Crippen LogP contribution in [0.3, 0.4) is 0 Å². The molecule has 2 aromatic rings. The Morgan fingerprint density at radius 1 is 1.38 bits per heavy atom. The van der Waals surface area contributed by atoms with Crippen LogP contribution in [0.4, 0.5) is 0 Å². The molecular weight excluding hydrogens is 198 g/mol. The van der Waals surface area contributed by atoms with Crippen LogP contribution < -0.4 is 0 Å². The minimum absolute atomic E-state index is 0.319. The van der Waals surface area contributed by atoms with Crippen molar-refractivity contribution >= 4 is 10.9 Å². The maximum atomic E-state index is 9.36. The molecule has 0 unspecified atom stereocenters. The van der Waals surface area contributed by atoms with Crippen molar-refractivity contribution in [3.8, 4) is 6.07 Å². The highest BCUT2D eigenvalue weighted by atomic mass is 15.3. The summed E-state index contributed by atoms with van der Waals surface area (Å²) in [5, 5.41) is 15.0. The van der Waals surface area contributed by atoms with E-state index in [0.717, 1.165) is 35.9 Å². The zero-order valence-electron chi connectivity index (χ0n) is 9.27. The number of hydrogen-bond acceptors (Lipinski definition) is 2. The van der Waals surface area contributed by atoms with Gasteiger partial charge >= 0.3 is 0 Å². The fraction of sp³-hybridized carbons (Fsp3) is 0.385. The number of nitrogens with zero attached hydrogens (tertiary/aromatic N) is 3. The minimum atomic E-state index is -0.319. The minimum Gasteiger partial charge on any atom is -0.268 e. The monoisotopic (exact) mass is 211 g/mol. The molecule has 0 aliphatic heterocycles. The van der Waals surface area contributed by atoms with Gasteiger partial charge in [0.1, 0.15) is 5.41 Å². The van der Waals surface area contributed by atoms with Gasteiger partial charge in [0.05, 0.1) is 17.3 Å². The first-order chi connectivity index (χ1) is 7.77. The summed E-state index contributed by atoms with van der Waals surface area (Å²) in [7, 11) is 1.94. The smallest absolute Gasteiger partial charge is 0.102 e. The van der Waals surface area contributed by atoms with Gasteiger partial charge in [-0.15, -0.1) is 0 Å². The zero-order chi connectivity index (χ0) is 11.2. The first-order valence-electron chi connectivity index (χ1n) is 5.60. The lowest BCUT2D eigenvalue weighted by Gasteiger charge is -2.33. The number of aryl methyl sites for hydroxylation is 1. The van der Waals surface area contributed by atoms with Crippen molar-refractivity contribution in [3.63, 3.8) is 0 Å². The van der Waals surface area contributed by atoms with Gasteiger partial charge in [0, 0.05) is 12.4 Å². The molecule has 0 radical (unpaired) electrons. The third kappa shape index (κ3) is 1.04. The molecular formula is C13H13N3. The molecule has 80 valence electrons. The lowest BCUT2D eigenvalue weighted by atomic mass is 9.67. The van der Waals surface area contributed by atoms with Crippen molar-refractivity contribution < 1.29 is 0 Å². The number of nitriles is 1. The third-order valence-electron chi connectivity index (χ3n) is 3.63. The van der Waals surface area contributed by atoms with Crippen LogP contribution >= 0.6 is 0 Å². The predicted octanol–water partition coefficient (Wildman–Crippen LogP) is 2.52. The molecule has 1 aromatic heterocycles. The molecule has 0 atom stereocenters. The molecule has 0 bridgehead atoms. The highest BCUT2D eigenvalue weighted by Crippen LogP contribution is 2.44. The van der Waals surface area contributed by atoms with Crippen LogP contribution in [-0.4, -0.2) is 9.78 Å². The molecule has 1 heterocycles. The van der Waals surface area contributed by atoms with E-state index in [4.69, 9.17) is 0 Å². The average Bonchev–Trinajstić information content (AvgIpc) is 2.58. The number of benzene rings is 1. The van der Waals surface area contributed by atoms with Crippen molar-refractivity contribution in [1.29, 1.82) is 5.26 Å². The lowest BCUT2D eigenvalue weighted by Crippen LogP contribution is -2.33. The Morgan fingerprint density at radius 3 is 2.75 bits per heavy atom. The second-order valence-corrected chi connectivity index (χ2v) is 4.54. The highest BCUT2D eigenvalue weighted by molar-refractivity contribution is 5.83. The molecule has 0 spiro atoms. The van der Waals surface area contributed by atoms with E-state index < -0.39 is 0 Å². The van der Waals surface area contributed by atoms with Crippen LogP contribution in [0.5, 0.6) is 0 Å². The third-order valence-corrected chi connectivity index (χ3v) is 3.63. The van der Waals surface area contributed by atoms with Crippen LogP contribution in [0.1, 0.15) is 25.0 Å². The number of para-hydroxylation sites is 1. The quantitative estimate of drug-likeness (QED) is 0.727. The van der Waals surface area contributed by atoms with Crippen LogP contribution in [-0.2, 0) is 12.5 Å². The van der Waals surface area contributed by atoms with Gasteiger partial charge in [0.15, 0.2) is 0 Å². The van der Waals surface area contributed by atoms with E-state index in [0.29, 0.717) is 0 Å². The molecule has 16 heavy (non-hydrogen) atoms. The number of aromatic nitrogens is 2. The number of fused-ring (bicyclic) bond motifs is 1. The van der Waals surface area contributed by atoms with E-state index in [1.807, 2.05) is 23.9 Å². The molecule has 0 saturated heterocycles. The van der Waals surface area contributed by atoms with E-state index in [1.54, 1.807) is 0 Å². The van der Waals surface area contributed by atoms with Crippen molar-refractivity contribution in [2.24, 2.45) is 7.05 Å². The van der Waals surface area contributed by atoms with Crippen LogP contribution in [0, 0.1) is 11.3 Å². The second-order valence-electron chi connectivity index (χ2n) is 4.54. The standard InChI is InChI=1S/C13H13N3/c1-16-11-6-3-2-5-10(11)12(15-16)13(9-14)7-4-8-13/h2-3,5-6H,4,7-8H2,1H3. The zero-order valence-corrected chi connectivity index (χ0v) is 9.27. The molecule has 3 nitrogen and oxygen atoms in total. The largest absolute Gasteiger partial charge is 0.268 e. The van der Waals surface area contributed by atoms with Crippen molar-refractivity contribution in [1.82, 2.24) is 9.78 Å². The molecule has 0 amide bonds. The summed E-state index contributed by atoms with van der Waals surface area (Å²) in [6.07, 6.45) is 3.04. The van der Waals surface area contributed by atoms with Gasteiger partial charge in [-0.2, -0.15) is 10.4 Å². The normalized spacial score (nSPS) is 18.0. The first kappa shape index (κ1) is 9.41. The summed E-state index contributed by atoms with van der Waals surface area (Å²) in [5.41, 5.74) is 1.76. The van der Waals surface area contributed by atoms with Gasteiger partial charge in [-0.1, -0.05) is 18.2 Å². The maximum Gasteiger partial charge on any atom is 0.102 e. The van der Waals surface area contributed by atoms with Gasteiger partial charge in [-0.05, 0) is 25.3 Å². The Labute approximate surface area is 94.3 Å². The van der Waals surface area contributed by atoms with Gasteiger partial charge in [0.25, 0.3) is 0 Å². The summed E-state index contributed by atoms with van der Waals surface area (Å²) < 4.78 is 1.88. The molecule has 3 heteroatoms. The predicted molar refractivity (Wildman–Crippen MR) is 61.9 cm³/mol. The van der Waals surface area contributed by atoms with E-state index in [1.165, 1.54) is 0 Å². The van der Waals surface area contributed by atoms with Crippen LogP contribution in [0.25, 0.3) is 10.9 Å². The lowest BCUT2D eigenvalue weighted by molar-refractivity contribution is 0.316. The van der Waals surface area contributed by atoms with Crippen molar-refractivity contribution in [2.45, 2.75) is 24.7 Å². The van der Waals surface area contributed by atoms with Gasteiger partial charge in [0.2, 0.25) is 0 Å². The van der Waals surface area contributed by atoms with Gasteiger partial charge < -0.3 is 0 Å². The Morgan fingerprint density at radius 2 is 2.12 bits per heavy atom. The number of hydrogen-bond donors (Lipinski definition) is 0. The second kappa shape index (κ2) is 3.08. The van der Waals surface area contributed by atoms with Crippen molar-refractivity contribution in [3.05, 3.63) is 30.0 Å². The summed E-state index contributed by atoms with van der Waals surface area (Å²) in [4.78, 5) is 0. The maximum absolute atomic E-state index is 9.36. The van der Waals surface area contributed by atoms with E-state index in [9.17, 15) is 5.26 Å². The fourth-order valence-electron chi connectivity index (χ4n) is 2.50. The van der Waals surface area contributed by atoms with Crippen LogP contribution in [0.15, 0.2) is 24.3 Å². The van der Waals surface area contributed by atoms with E-state index in [-0.39, 0.29) is 5.41 Å². The molecule has 3 rings (SSSR count).